The van der Waals surface area contributed by atoms with E-state index < -0.39 is 0 Å². The molecular weight excluding hydrogens is 470 g/mol. The molecule has 0 spiro atoms. The van der Waals surface area contributed by atoms with E-state index in [4.69, 9.17) is 11.6 Å². The van der Waals surface area contributed by atoms with Crippen LogP contribution in [0.2, 0.25) is 5.02 Å². The van der Waals surface area contributed by atoms with E-state index in [1.54, 1.807) is 9.13 Å². The highest BCUT2D eigenvalue weighted by molar-refractivity contribution is 6.30. The first-order chi connectivity index (χ1) is 17.5. The summed E-state index contributed by atoms with van der Waals surface area (Å²) < 4.78 is 3.59. The normalized spacial score (nSPS) is 13.7. The first kappa shape index (κ1) is 24.1. The molecule has 5 nitrogen and oxygen atoms in total. The standard InChI is InChI=1S/C30H30ClN3O2/c1-2-3-7-22-12-14-24(15-13-22)29(35)32-18-16-26(17-19-32)34-28-11-5-4-10-27(28)33(30(34)36)21-23-8-6-9-25(31)20-23/h4-6,8-16,20H,2-3,7,17-19,21H2,1H3. The van der Waals surface area contributed by atoms with E-state index in [-0.39, 0.29) is 11.6 Å². The van der Waals surface area contributed by atoms with Crippen LogP contribution in [0, 0.1) is 0 Å². The summed E-state index contributed by atoms with van der Waals surface area (Å²) in [6.07, 6.45) is 5.98. The minimum Gasteiger partial charge on any atom is -0.334 e. The van der Waals surface area contributed by atoms with Crippen LogP contribution in [0.15, 0.2) is 83.7 Å². The largest absolute Gasteiger partial charge is 0.334 e. The Balaban J connectivity index is 1.39. The van der Waals surface area contributed by atoms with Gasteiger partial charge in [-0.25, -0.2) is 4.79 Å². The number of rotatable bonds is 7. The van der Waals surface area contributed by atoms with Crippen molar-refractivity contribution in [2.75, 3.05) is 13.1 Å². The summed E-state index contributed by atoms with van der Waals surface area (Å²) >= 11 is 6.17. The number of nitrogens with zero attached hydrogens (tertiary/aromatic N) is 3. The van der Waals surface area contributed by atoms with Crippen molar-refractivity contribution >= 4 is 34.2 Å². The monoisotopic (exact) mass is 499 g/mol. The number of fused-ring (bicyclic) bond motifs is 1. The molecule has 36 heavy (non-hydrogen) atoms. The van der Waals surface area contributed by atoms with Gasteiger partial charge < -0.3 is 4.90 Å². The predicted octanol–water partition coefficient (Wildman–Crippen LogP) is 6.23. The molecule has 2 heterocycles. The van der Waals surface area contributed by atoms with Crippen LogP contribution in [0.5, 0.6) is 0 Å². The molecule has 1 aliphatic heterocycles. The average molecular weight is 500 g/mol. The highest BCUT2D eigenvalue weighted by Crippen LogP contribution is 2.23. The molecule has 0 fully saturated rings. The number of imidazole rings is 1. The van der Waals surface area contributed by atoms with Gasteiger partial charge in [-0.05, 0) is 66.4 Å². The third kappa shape index (κ3) is 4.89. The van der Waals surface area contributed by atoms with E-state index in [1.807, 2.05) is 71.6 Å². The first-order valence-electron chi connectivity index (χ1n) is 12.6. The summed E-state index contributed by atoms with van der Waals surface area (Å²) in [5.41, 5.74) is 5.56. The number of aryl methyl sites for hydroxylation is 1. The number of unbranched alkanes of at least 4 members (excludes halogenated alkanes) is 1. The third-order valence-corrected chi connectivity index (χ3v) is 7.08. The molecule has 0 unspecified atom stereocenters. The van der Waals surface area contributed by atoms with Crippen molar-refractivity contribution < 1.29 is 4.79 Å². The molecule has 184 valence electrons. The second-order valence-corrected chi connectivity index (χ2v) is 9.76. The minimum absolute atomic E-state index is 0.0306. The fourth-order valence-corrected chi connectivity index (χ4v) is 5.09. The van der Waals surface area contributed by atoms with E-state index in [0.29, 0.717) is 36.6 Å². The van der Waals surface area contributed by atoms with Gasteiger partial charge in [0, 0.05) is 35.8 Å². The number of benzene rings is 3. The van der Waals surface area contributed by atoms with Crippen molar-refractivity contribution in [2.45, 2.75) is 39.2 Å². The molecule has 1 amide bonds. The molecule has 3 aromatic carbocycles. The topological polar surface area (TPSA) is 47.2 Å². The van der Waals surface area contributed by atoms with Crippen LogP contribution in [0.4, 0.5) is 0 Å². The zero-order valence-electron chi connectivity index (χ0n) is 20.5. The lowest BCUT2D eigenvalue weighted by Crippen LogP contribution is -2.36. The fourth-order valence-electron chi connectivity index (χ4n) is 4.88. The Morgan fingerprint density at radius 3 is 2.42 bits per heavy atom. The average Bonchev–Trinajstić information content (AvgIpc) is 3.18. The maximum absolute atomic E-state index is 13.6. The molecule has 0 saturated carbocycles. The molecule has 0 radical (unpaired) electrons. The van der Waals surface area contributed by atoms with Crippen LogP contribution in [-0.4, -0.2) is 33.0 Å². The number of para-hydroxylation sites is 2. The number of amides is 1. The van der Waals surface area contributed by atoms with Gasteiger partial charge in [0.05, 0.1) is 17.6 Å². The van der Waals surface area contributed by atoms with E-state index in [0.717, 1.165) is 41.6 Å². The molecular formula is C30H30ClN3O2. The van der Waals surface area contributed by atoms with Crippen molar-refractivity contribution in [3.8, 4) is 0 Å². The number of hydrogen-bond donors (Lipinski definition) is 0. The van der Waals surface area contributed by atoms with Gasteiger partial charge in [0.1, 0.15) is 0 Å². The lowest BCUT2D eigenvalue weighted by Gasteiger charge is -2.27. The Labute approximate surface area is 216 Å². The molecule has 4 aromatic rings. The maximum atomic E-state index is 13.6. The van der Waals surface area contributed by atoms with Crippen LogP contribution < -0.4 is 5.69 Å². The smallest absolute Gasteiger partial charge is 0.333 e. The van der Waals surface area contributed by atoms with Crippen molar-refractivity contribution in [3.63, 3.8) is 0 Å². The molecule has 0 aliphatic carbocycles. The van der Waals surface area contributed by atoms with Crippen LogP contribution in [0.3, 0.4) is 0 Å². The summed E-state index contributed by atoms with van der Waals surface area (Å²) in [6, 6.07) is 23.4. The van der Waals surface area contributed by atoms with Gasteiger partial charge >= 0.3 is 5.69 Å². The second kappa shape index (κ2) is 10.6. The summed E-state index contributed by atoms with van der Waals surface area (Å²) in [5, 5.41) is 0.652. The molecule has 0 N–H and O–H groups in total. The highest BCUT2D eigenvalue weighted by atomic mass is 35.5. The molecule has 5 rings (SSSR count). The van der Waals surface area contributed by atoms with Gasteiger partial charge in [-0.1, -0.05) is 61.3 Å². The van der Waals surface area contributed by atoms with E-state index in [2.05, 4.69) is 19.1 Å². The van der Waals surface area contributed by atoms with E-state index in [1.165, 1.54) is 5.56 Å². The Morgan fingerprint density at radius 1 is 0.944 bits per heavy atom. The van der Waals surface area contributed by atoms with Crippen molar-refractivity contribution in [1.29, 1.82) is 0 Å². The molecule has 1 aromatic heterocycles. The van der Waals surface area contributed by atoms with Crippen molar-refractivity contribution in [1.82, 2.24) is 14.0 Å². The summed E-state index contributed by atoms with van der Waals surface area (Å²) in [6.45, 7) is 3.68. The zero-order valence-corrected chi connectivity index (χ0v) is 21.2. The fraction of sp³-hybridized carbons (Fsp3) is 0.267. The van der Waals surface area contributed by atoms with Gasteiger partial charge in [0.25, 0.3) is 5.91 Å². The quantitative estimate of drug-likeness (QED) is 0.302. The molecule has 0 saturated heterocycles. The number of carbonyl (C=O) groups is 1. The number of hydrogen-bond acceptors (Lipinski definition) is 2. The van der Waals surface area contributed by atoms with Crippen molar-refractivity contribution in [3.05, 3.63) is 111 Å². The zero-order chi connectivity index (χ0) is 25.1. The lowest BCUT2D eigenvalue weighted by molar-refractivity contribution is 0.0772. The Hall–Kier alpha value is -3.57. The second-order valence-electron chi connectivity index (χ2n) is 9.32. The number of aromatic nitrogens is 2. The molecule has 0 atom stereocenters. The van der Waals surface area contributed by atoms with E-state index in [9.17, 15) is 9.59 Å². The van der Waals surface area contributed by atoms with Gasteiger partial charge in [0.15, 0.2) is 0 Å². The Bertz CT molecular complexity index is 1480. The summed E-state index contributed by atoms with van der Waals surface area (Å²) in [5.74, 6) is 0.0306. The van der Waals surface area contributed by atoms with Crippen LogP contribution in [0.1, 0.15) is 47.7 Å². The first-order valence-corrected chi connectivity index (χ1v) is 13.0. The Kier molecular flexibility index (Phi) is 7.10. The predicted molar refractivity (Wildman–Crippen MR) is 147 cm³/mol. The lowest BCUT2D eigenvalue weighted by atomic mass is 10.1. The SMILES string of the molecule is CCCCc1ccc(C(=O)N2CC=C(n3c(=O)n(Cc4cccc(Cl)c4)c4ccccc43)CC2)cc1. The van der Waals surface area contributed by atoms with Crippen LogP contribution >= 0.6 is 11.6 Å². The van der Waals surface area contributed by atoms with Gasteiger partial charge in [0.2, 0.25) is 0 Å². The van der Waals surface area contributed by atoms with E-state index >= 15 is 0 Å². The minimum atomic E-state index is -0.0788. The maximum Gasteiger partial charge on any atom is 0.333 e. The summed E-state index contributed by atoms with van der Waals surface area (Å²) in [4.78, 5) is 28.5. The highest BCUT2D eigenvalue weighted by Gasteiger charge is 2.22. The van der Waals surface area contributed by atoms with Crippen LogP contribution in [0.25, 0.3) is 16.7 Å². The third-order valence-electron chi connectivity index (χ3n) is 6.84. The van der Waals surface area contributed by atoms with Crippen molar-refractivity contribution in [2.24, 2.45) is 0 Å². The van der Waals surface area contributed by atoms with Crippen LogP contribution in [-0.2, 0) is 13.0 Å². The summed E-state index contributed by atoms with van der Waals surface area (Å²) in [7, 11) is 0. The number of carbonyl (C=O) groups excluding carboxylic acids is 1. The van der Waals surface area contributed by atoms with Gasteiger partial charge in [-0.15, -0.1) is 0 Å². The molecule has 0 bridgehead atoms. The molecule has 1 aliphatic rings. The molecule has 6 heteroatoms. The number of halogens is 1. The Morgan fingerprint density at radius 2 is 1.72 bits per heavy atom. The van der Waals surface area contributed by atoms with Gasteiger partial charge in [-0.3, -0.25) is 13.9 Å². The van der Waals surface area contributed by atoms with Gasteiger partial charge in [-0.2, -0.15) is 0 Å².